The maximum absolute atomic E-state index is 15.4. The number of carbonyl (C=O) groups excluding carboxylic acids is 2. The third-order valence-electron chi connectivity index (χ3n) is 6.45. The first kappa shape index (κ1) is 27.3. The molecule has 0 spiro atoms. The zero-order valence-corrected chi connectivity index (χ0v) is 22.1. The highest BCUT2D eigenvalue weighted by Crippen LogP contribution is 2.39. The molecule has 2 aromatic carbocycles. The van der Waals surface area contributed by atoms with Gasteiger partial charge in [-0.1, -0.05) is 11.6 Å². The summed E-state index contributed by atoms with van der Waals surface area (Å²) >= 11 is 6.79. The average Bonchev–Trinajstić information content (AvgIpc) is 2.81. The molecule has 0 atom stereocenters. The van der Waals surface area contributed by atoms with E-state index in [2.05, 4.69) is 0 Å². The fourth-order valence-corrected chi connectivity index (χ4v) is 4.74. The molecule has 0 aliphatic carbocycles. The molecule has 4 rings (SSSR count). The largest absolute Gasteiger partial charge is 0.462 e. The van der Waals surface area contributed by atoms with E-state index in [4.69, 9.17) is 26.8 Å². The molecule has 202 valence electrons. The van der Waals surface area contributed by atoms with E-state index in [0.717, 1.165) is 12.1 Å². The number of hydrogen-bond donors (Lipinski definition) is 1. The molecule has 12 heteroatoms. The van der Waals surface area contributed by atoms with E-state index in [0.29, 0.717) is 13.1 Å². The minimum Gasteiger partial charge on any atom is -0.462 e. The molecular weight excluding hydrogens is 522 g/mol. The number of likely N-dealkylation sites (N-methyl/N-ethyl adjacent to an activating group) is 1. The number of nitrogens with two attached hydrogens (primary N) is 1. The number of benzene rings is 2. The van der Waals surface area contributed by atoms with Gasteiger partial charge in [0.25, 0.3) is 0 Å². The van der Waals surface area contributed by atoms with E-state index in [1.807, 2.05) is 19.0 Å². The number of rotatable bonds is 7. The number of aromatic nitrogens is 1. The summed E-state index contributed by atoms with van der Waals surface area (Å²) < 4.78 is 41.4. The highest BCUT2D eigenvalue weighted by molar-refractivity contribution is 6.38. The molecule has 0 radical (unpaired) electrons. The summed E-state index contributed by atoms with van der Waals surface area (Å²) in [7, 11) is 3.83. The second kappa shape index (κ2) is 10.6. The van der Waals surface area contributed by atoms with Gasteiger partial charge in [0, 0.05) is 37.8 Å². The number of nitrogen functional groups attached to an aromatic ring is 1. The summed E-state index contributed by atoms with van der Waals surface area (Å²) in [5.74, 6) is -3.04. The van der Waals surface area contributed by atoms with Crippen LogP contribution < -0.4 is 16.1 Å². The Hall–Kier alpha value is -3.70. The standard InChI is InChI=1S/C26H27ClF2N4O5/c1-5-37-26(36)17-11-33(21-8-20(30)18(28)6-14(21)12-38-13(2)34)23-16(25(17)35)7-19(29)24(22(23)27)32-9-15(10-32)31(3)4/h6-8,11,15H,5,9-10,12,30H2,1-4H3. The van der Waals surface area contributed by atoms with Gasteiger partial charge >= 0.3 is 11.9 Å². The van der Waals surface area contributed by atoms with Crippen molar-refractivity contribution in [3.63, 3.8) is 0 Å². The van der Waals surface area contributed by atoms with Gasteiger partial charge < -0.3 is 29.6 Å². The van der Waals surface area contributed by atoms with Crippen molar-refractivity contribution >= 4 is 45.8 Å². The molecular formula is C26H27ClF2N4O5. The highest BCUT2D eigenvalue weighted by Gasteiger charge is 2.33. The summed E-state index contributed by atoms with van der Waals surface area (Å²) in [4.78, 5) is 41.3. The van der Waals surface area contributed by atoms with E-state index in [1.165, 1.54) is 23.8 Å². The molecule has 1 fully saturated rings. The zero-order chi connectivity index (χ0) is 27.9. The monoisotopic (exact) mass is 548 g/mol. The molecule has 1 aromatic heterocycles. The van der Waals surface area contributed by atoms with Crippen LogP contribution in [0.15, 0.2) is 29.2 Å². The van der Waals surface area contributed by atoms with Crippen molar-refractivity contribution in [3.8, 4) is 5.69 Å². The van der Waals surface area contributed by atoms with Gasteiger partial charge in [-0.2, -0.15) is 0 Å². The Balaban J connectivity index is 2.05. The van der Waals surface area contributed by atoms with E-state index in [-0.39, 0.29) is 63.4 Å². The Morgan fingerprint density at radius 3 is 2.45 bits per heavy atom. The summed E-state index contributed by atoms with van der Waals surface area (Å²) in [5.41, 5.74) is 4.95. The molecule has 38 heavy (non-hydrogen) atoms. The summed E-state index contributed by atoms with van der Waals surface area (Å²) in [6, 6.07) is 3.55. The predicted molar refractivity (Wildman–Crippen MR) is 140 cm³/mol. The third-order valence-corrected chi connectivity index (χ3v) is 6.81. The molecule has 2 N–H and O–H groups in total. The lowest BCUT2D eigenvalue weighted by atomic mass is 10.0. The van der Waals surface area contributed by atoms with Gasteiger partial charge in [0.15, 0.2) is 0 Å². The molecule has 3 aromatic rings. The molecule has 2 heterocycles. The number of ether oxygens (including phenoxy) is 2. The molecule has 1 aliphatic heterocycles. The van der Waals surface area contributed by atoms with Crippen molar-refractivity contribution in [2.24, 2.45) is 0 Å². The molecule has 1 saturated heterocycles. The van der Waals surface area contributed by atoms with Crippen LogP contribution in [0.3, 0.4) is 0 Å². The Labute approximate surface area is 222 Å². The van der Waals surface area contributed by atoms with Gasteiger partial charge in [-0.25, -0.2) is 13.6 Å². The van der Waals surface area contributed by atoms with Crippen molar-refractivity contribution < 1.29 is 27.8 Å². The van der Waals surface area contributed by atoms with Crippen LogP contribution in [0.1, 0.15) is 29.8 Å². The van der Waals surface area contributed by atoms with Crippen LogP contribution in [0.4, 0.5) is 20.2 Å². The quantitative estimate of drug-likeness (QED) is 0.353. The fraction of sp³-hybridized carbons (Fsp3) is 0.346. The maximum atomic E-state index is 15.4. The van der Waals surface area contributed by atoms with Gasteiger partial charge in [0.2, 0.25) is 5.43 Å². The van der Waals surface area contributed by atoms with Gasteiger partial charge in [-0.15, -0.1) is 0 Å². The number of fused-ring (bicyclic) bond motifs is 1. The van der Waals surface area contributed by atoms with Crippen LogP contribution in [0.5, 0.6) is 0 Å². The second-order valence-corrected chi connectivity index (χ2v) is 9.56. The molecule has 1 aliphatic rings. The normalized spacial score (nSPS) is 13.6. The molecule has 0 bridgehead atoms. The van der Waals surface area contributed by atoms with E-state index in [1.54, 1.807) is 11.8 Å². The number of carbonyl (C=O) groups is 2. The smallest absolute Gasteiger partial charge is 0.343 e. The van der Waals surface area contributed by atoms with Crippen molar-refractivity contribution in [2.75, 3.05) is 44.4 Å². The second-order valence-electron chi connectivity index (χ2n) is 9.18. The lowest BCUT2D eigenvalue weighted by Gasteiger charge is -2.44. The minimum absolute atomic E-state index is 0.00638. The number of pyridine rings is 1. The SMILES string of the molecule is CCOC(=O)c1cn(-c2cc(N)c(F)cc2COC(C)=O)c2c(Cl)c(N3CC(N(C)C)C3)c(F)cc2c1=O. The predicted octanol–water partition coefficient (Wildman–Crippen LogP) is 3.49. The molecule has 0 unspecified atom stereocenters. The van der Waals surface area contributed by atoms with Crippen LogP contribution in [0, 0.1) is 11.6 Å². The van der Waals surface area contributed by atoms with Crippen molar-refractivity contribution in [2.45, 2.75) is 26.5 Å². The number of hydrogen-bond acceptors (Lipinski definition) is 8. The van der Waals surface area contributed by atoms with Crippen molar-refractivity contribution in [1.29, 1.82) is 0 Å². The van der Waals surface area contributed by atoms with Crippen molar-refractivity contribution in [3.05, 3.63) is 62.4 Å². The Kier molecular flexibility index (Phi) is 7.61. The average molecular weight is 549 g/mol. The van der Waals surface area contributed by atoms with Gasteiger partial charge in [-0.3, -0.25) is 9.59 Å². The van der Waals surface area contributed by atoms with Gasteiger partial charge in [0.1, 0.15) is 23.8 Å². The Bertz CT molecular complexity index is 1500. The van der Waals surface area contributed by atoms with Crippen LogP contribution in [0.2, 0.25) is 5.02 Å². The van der Waals surface area contributed by atoms with Crippen LogP contribution in [0.25, 0.3) is 16.6 Å². The fourth-order valence-electron chi connectivity index (χ4n) is 4.34. The first-order valence-corrected chi connectivity index (χ1v) is 12.2. The van der Waals surface area contributed by atoms with Crippen LogP contribution >= 0.6 is 11.6 Å². The van der Waals surface area contributed by atoms with E-state index in [9.17, 15) is 18.8 Å². The molecule has 9 nitrogen and oxygen atoms in total. The highest BCUT2D eigenvalue weighted by atomic mass is 35.5. The third kappa shape index (κ3) is 4.91. The lowest BCUT2D eigenvalue weighted by Crippen LogP contribution is -2.57. The number of nitrogens with zero attached hydrogens (tertiary/aromatic N) is 3. The summed E-state index contributed by atoms with van der Waals surface area (Å²) in [6.07, 6.45) is 1.19. The van der Waals surface area contributed by atoms with Gasteiger partial charge in [0.05, 0.1) is 39.6 Å². The maximum Gasteiger partial charge on any atom is 0.343 e. The Morgan fingerprint density at radius 1 is 1.16 bits per heavy atom. The number of anilines is 2. The van der Waals surface area contributed by atoms with Crippen molar-refractivity contribution in [1.82, 2.24) is 9.47 Å². The number of halogens is 3. The number of esters is 2. The minimum atomic E-state index is -0.929. The first-order chi connectivity index (χ1) is 17.9. The van der Waals surface area contributed by atoms with Crippen LogP contribution in [-0.4, -0.2) is 61.2 Å². The summed E-state index contributed by atoms with van der Waals surface area (Å²) in [5, 5.41) is -0.265. The first-order valence-electron chi connectivity index (χ1n) is 11.8. The van der Waals surface area contributed by atoms with Crippen LogP contribution in [-0.2, 0) is 20.9 Å². The zero-order valence-electron chi connectivity index (χ0n) is 21.3. The molecule has 0 amide bonds. The summed E-state index contributed by atoms with van der Waals surface area (Å²) in [6.45, 7) is 3.43. The van der Waals surface area contributed by atoms with E-state index >= 15 is 4.39 Å². The Morgan fingerprint density at radius 2 is 1.84 bits per heavy atom. The van der Waals surface area contributed by atoms with Gasteiger partial charge in [-0.05, 0) is 39.2 Å². The van der Waals surface area contributed by atoms with E-state index < -0.39 is 29.0 Å². The topological polar surface area (TPSA) is 107 Å². The molecule has 0 saturated carbocycles. The lowest BCUT2D eigenvalue weighted by molar-refractivity contribution is -0.142.